The minimum atomic E-state index is 0.336. The molecular weight excluding hydrogens is 268 g/mol. The molecule has 3 heteroatoms. The first-order valence-electron chi connectivity index (χ1n) is 8.44. The third-order valence-corrected chi connectivity index (χ3v) is 6.36. The summed E-state index contributed by atoms with van der Waals surface area (Å²) >= 11 is 4.90. The van der Waals surface area contributed by atoms with Crippen molar-refractivity contribution in [3.8, 4) is 0 Å². The van der Waals surface area contributed by atoms with Gasteiger partial charge in [-0.05, 0) is 49.9 Å². The van der Waals surface area contributed by atoms with Crippen LogP contribution in [0.1, 0.15) is 58.3 Å². The van der Waals surface area contributed by atoms with Crippen molar-refractivity contribution < 1.29 is 9.47 Å². The molecular formula is C17H32O2S. The predicted octanol–water partition coefficient (Wildman–Crippen LogP) is 4.33. The van der Waals surface area contributed by atoms with Crippen LogP contribution in [0.15, 0.2) is 0 Å². The second kappa shape index (κ2) is 8.05. The quantitative estimate of drug-likeness (QED) is 0.762. The van der Waals surface area contributed by atoms with Crippen LogP contribution in [0.2, 0.25) is 0 Å². The van der Waals surface area contributed by atoms with Gasteiger partial charge < -0.3 is 9.47 Å². The van der Waals surface area contributed by atoms with Gasteiger partial charge in [0.2, 0.25) is 0 Å². The maximum atomic E-state index is 5.88. The molecule has 6 unspecified atom stereocenters. The summed E-state index contributed by atoms with van der Waals surface area (Å²) in [5, 5.41) is 0.388. The minimum absolute atomic E-state index is 0.336. The molecule has 0 bridgehead atoms. The van der Waals surface area contributed by atoms with Crippen LogP contribution in [0.3, 0.4) is 0 Å². The van der Waals surface area contributed by atoms with Crippen LogP contribution in [-0.4, -0.2) is 31.7 Å². The summed E-state index contributed by atoms with van der Waals surface area (Å²) in [6.07, 6.45) is 11.2. The molecule has 2 aliphatic carbocycles. The highest BCUT2D eigenvalue weighted by Crippen LogP contribution is 2.44. The Morgan fingerprint density at radius 1 is 0.950 bits per heavy atom. The molecule has 6 atom stereocenters. The van der Waals surface area contributed by atoms with Crippen molar-refractivity contribution in [2.75, 3.05) is 14.2 Å². The van der Waals surface area contributed by atoms with Crippen molar-refractivity contribution in [2.45, 2.75) is 75.7 Å². The molecule has 2 saturated carbocycles. The van der Waals surface area contributed by atoms with Gasteiger partial charge >= 0.3 is 0 Å². The maximum absolute atomic E-state index is 5.88. The summed E-state index contributed by atoms with van der Waals surface area (Å²) in [5.41, 5.74) is 0. The van der Waals surface area contributed by atoms with E-state index in [0.717, 1.165) is 5.92 Å². The highest BCUT2D eigenvalue weighted by Gasteiger charge is 2.41. The van der Waals surface area contributed by atoms with Crippen molar-refractivity contribution >= 4 is 12.6 Å². The Balaban J connectivity index is 1.99. The van der Waals surface area contributed by atoms with Crippen LogP contribution in [-0.2, 0) is 9.47 Å². The molecule has 0 N–H and O–H groups in total. The van der Waals surface area contributed by atoms with Crippen LogP contribution >= 0.6 is 12.6 Å². The summed E-state index contributed by atoms with van der Waals surface area (Å²) in [6.45, 7) is 2.29. The highest BCUT2D eigenvalue weighted by atomic mass is 32.1. The summed E-state index contributed by atoms with van der Waals surface area (Å²) in [7, 11) is 3.73. The number of methoxy groups -OCH3 is 2. The molecule has 118 valence electrons. The van der Waals surface area contributed by atoms with Gasteiger partial charge in [0.1, 0.15) is 0 Å². The Hall–Kier alpha value is 0.270. The van der Waals surface area contributed by atoms with Crippen molar-refractivity contribution in [3.63, 3.8) is 0 Å². The molecule has 2 fully saturated rings. The molecule has 0 heterocycles. The lowest BCUT2D eigenvalue weighted by Crippen LogP contribution is -2.45. The van der Waals surface area contributed by atoms with Gasteiger partial charge in [0.15, 0.2) is 0 Å². The van der Waals surface area contributed by atoms with Crippen molar-refractivity contribution in [1.29, 1.82) is 0 Å². The first-order chi connectivity index (χ1) is 9.71. The average Bonchev–Trinajstić information content (AvgIpc) is 2.48. The second-order valence-corrected chi connectivity index (χ2v) is 7.36. The Morgan fingerprint density at radius 3 is 2.35 bits per heavy atom. The summed E-state index contributed by atoms with van der Waals surface area (Å²) in [4.78, 5) is 0. The van der Waals surface area contributed by atoms with E-state index in [9.17, 15) is 0 Å². The molecule has 0 amide bonds. The fraction of sp³-hybridized carbons (Fsp3) is 1.00. The van der Waals surface area contributed by atoms with Crippen LogP contribution in [0.25, 0.3) is 0 Å². The van der Waals surface area contributed by atoms with Crippen molar-refractivity contribution in [3.05, 3.63) is 0 Å². The fourth-order valence-corrected chi connectivity index (χ4v) is 5.20. The summed E-state index contributed by atoms with van der Waals surface area (Å²) < 4.78 is 11.5. The lowest BCUT2D eigenvalue weighted by Gasteiger charge is -2.45. The predicted molar refractivity (Wildman–Crippen MR) is 87.4 cm³/mol. The third-order valence-electron chi connectivity index (χ3n) is 5.65. The number of rotatable bonds is 5. The molecule has 2 rings (SSSR count). The van der Waals surface area contributed by atoms with Crippen molar-refractivity contribution in [2.24, 2.45) is 17.8 Å². The molecule has 0 aromatic heterocycles. The number of hydrogen-bond donors (Lipinski definition) is 1. The fourth-order valence-electron chi connectivity index (χ4n) is 4.56. The van der Waals surface area contributed by atoms with E-state index in [4.69, 9.17) is 22.1 Å². The molecule has 20 heavy (non-hydrogen) atoms. The highest BCUT2D eigenvalue weighted by molar-refractivity contribution is 7.81. The molecule has 2 aliphatic rings. The monoisotopic (exact) mass is 300 g/mol. The SMILES string of the molecule is CCCC1CCC(C2CCCC(OC)C2S)C(OC)C1. The third kappa shape index (κ3) is 3.72. The molecule has 0 aromatic rings. The average molecular weight is 301 g/mol. The van der Waals surface area contributed by atoms with Gasteiger partial charge in [-0.25, -0.2) is 0 Å². The van der Waals surface area contributed by atoms with Gasteiger partial charge in [-0.15, -0.1) is 0 Å². The van der Waals surface area contributed by atoms with E-state index in [1.165, 1.54) is 51.4 Å². The van der Waals surface area contributed by atoms with Gasteiger partial charge in [0, 0.05) is 19.5 Å². The topological polar surface area (TPSA) is 18.5 Å². The number of thiol groups is 1. The van der Waals surface area contributed by atoms with Crippen LogP contribution in [0.4, 0.5) is 0 Å². The van der Waals surface area contributed by atoms with E-state index in [2.05, 4.69) is 6.92 Å². The zero-order valence-corrected chi connectivity index (χ0v) is 14.3. The zero-order valence-electron chi connectivity index (χ0n) is 13.4. The van der Waals surface area contributed by atoms with Gasteiger partial charge in [0.05, 0.1) is 12.2 Å². The smallest absolute Gasteiger partial charge is 0.0690 e. The molecule has 0 radical (unpaired) electrons. The van der Waals surface area contributed by atoms with Crippen LogP contribution in [0.5, 0.6) is 0 Å². The molecule has 2 nitrogen and oxygen atoms in total. The van der Waals surface area contributed by atoms with E-state index in [1.54, 1.807) is 0 Å². The lowest BCUT2D eigenvalue weighted by atomic mass is 9.68. The molecule has 0 spiro atoms. The first kappa shape index (κ1) is 16.6. The van der Waals surface area contributed by atoms with E-state index >= 15 is 0 Å². The normalized spacial score (nSPS) is 42.6. The van der Waals surface area contributed by atoms with E-state index < -0.39 is 0 Å². The lowest BCUT2D eigenvalue weighted by molar-refractivity contribution is -0.0418. The summed E-state index contributed by atoms with van der Waals surface area (Å²) in [5.74, 6) is 2.24. The van der Waals surface area contributed by atoms with Crippen molar-refractivity contribution in [1.82, 2.24) is 0 Å². The largest absolute Gasteiger partial charge is 0.381 e. The van der Waals surface area contributed by atoms with Gasteiger partial charge in [-0.1, -0.05) is 26.2 Å². The van der Waals surface area contributed by atoms with Gasteiger partial charge in [-0.3, -0.25) is 0 Å². The zero-order chi connectivity index (χ0) is 14.5. The Labute approximate surface area is 130 Å². The van der Waals surface area contributed by atoms with Crippen LogP contribution < -0.4 is 0 Å². The Bertz CT molecular complexity index is 284. The number of ether oxygens (including phenoxy) is 2. The molecule has 0 aromatic carbocycles. The van der Waals surface area contributed by atoms with E-state index in [-0.39, 0.29) is 0 Å². The summed E-state index contributed by atoms with van der Waals surface area (Å²) in [6, 6.07) is 0. The number of hydrogen-bond acceptors (Lipinski definition) is 3. The maximum Gasteiger partial charge on any atom is 0.0690 e. The van der Waals surface area contributed by atoms with E-state index in [1.807, 2.05) is 14.2 Å². The molecule has 0 aliphatic heterocycles. The van der Waals surface area contributed by atoms with Gasteiger partial charge in [0.25, 0.3) is 0 Å². The second-order valence-electron chi connectivity index (χ2n) is 6.77. The first-order valence-corrected chi connectivity index (χ1v) is 8.96. The minimum Gasteiger partial charge on any atom is -0.381 e. The standard InChI is InChI=1S/C17H32O2S/c1-4-6-12-9-10-13(16(11-12)19-3)14-7-5-8-15(18-2)17(14)20/h12-17,20H,4-11H2,1-3H3. The van der Waals surface area contributed by atoms with E-state index in [0.29, 0.717) is 29.3 Å². The van der Waals surface area contributed by atoms with Crippen LogP contribution in [0, 0.1) is 17.8 Å². The Morgan fingerprint density at radius 2 is 1.70 bits per heavy atom. The Kier molecular flexibility index (Phi) is 6.70. The van der Waals surface area contributed by atoms with Gasteiger partial charge in [-0.2, -0.15) is 12.6 Å². The molecule has 0 saturated heterocycles.